The summed E-state index contributed by atoms with van der Waals surface area (Å²) < 4.78 is 0. The topological polar surface area (TPSA) is 614 Å². The molecule has 8 rings (SSSR count). The Kier molecular flexibility index (Phi) is 40.4. The number of ketones is 3. The number of nitrogens with zero attached hydrogens (tertiary/aromatic N) is 6. The lowest BCUT2D eigenvalue weighted by atomic mass is 9.90. The van der Waals surface area contributed by atoms with Crippen molar-refractivity contribution in [3.05, 3.63) is 126 Å². The summed E-state index contributed by atoms with van der Waals surface area (Å²) in [5, 5.41) is 43.9. The van der Waals surface area contributed by atoms with Crippen molar-refractivity contribution < 1.29 is 91.4 Å². The highest BCUT2D eigenvalue weighted by Gasteiger charge is 2.44. The molecule has 15 amide bonds. The first-order valence-corrected chi connectivity index (χ1v) is 45.5. The van der Waals surface area contributed by atoms with E-state index in [1.54, 1.807) is 105 Å². The molecule has 2 aliphatic heterocycles. The Hall–Kier alpha value is -13.8. The number of hydrogen-bond acceptors (Lipinski definition) is 21. The zero-order valence-corrected chi connectivity index (χ0v) is 77.5. The number of carbonyl (C=O) groups excluding carboxylic acids is 18. The Bertz CT molecular complexity index is 5150. The van der Waals surface area contributed by atoms with E-state index in [1.807, 2.05) is 13.8 Å². The van der Waals surface area contributed by atoms with E-state index in [2.05, 4.69) is 67.8 Å². The van der Waals surface area contributed by atoms with E-state index in [0.717, 1.165) is 19.6 Å². The highest BCUT2D eigenvalue weighted by Crippen LogP contribution is 2.29. The van der Waals surface area contributed by atoms with Crippen molar-refractivity contribution >= 4 is 134 Å². The number of aromatic nitrogens is 4. The standard InChI is InChI=1S/C93H130N22O19/c1-10-12-30-72-76(118)42-56(25-21-35-99-93(96)97)84(126)106-65(75(117)33-34-78(94)120)45-80(122)102-49-81(123)105-68(38-55-23-15-14-16-24-55)89(131)112(7)54(5)83(125)107-70(44-79(95)121)91(133)115-36-22-32-73(115)77(119)43-57(39-60-48-98-52-103-60)85(127)108-67(37-53(3)4)88(130)111(6)50-82(124)104-66(40-58-46-100-63-28-19-17-26-61(58)63)86(128)110-71(51-116)87(129)109-69(41-59-47-101-64-29-20-18-27-62(59)64)90(132)114(9)74(31-13-11-2)92(134)113(72)8/h14-20,23-24,26-29,46-48,52-54,56-57,65-74,100-101,116H,10-13,21-22,25,30-45,49-51H2,1-9H3,(H2,94,120)(H2,95,121)(H,98,103)(H,102,122)(H,104,124)(H,105,123)(H,106,126)(H,107,125)(H,108,127)(H,109,129)(H,110,128)(H4,96,97,99)/t54-,56+,57+,65-,66-,67-,68-,69-,70-,71-,72-,73-,74-/m0/s1. The summed E-state index contributed by atoms with van der Waals surface area (Å²) in [6.45, 7) is 5.83. The fourth-order valence-electron chi connectivity index (χ4n) is 16.7. The summed E-state index contributed by atoms with van der Waals surface area (Å²) in [4.78, 5) is 282. The Labute approximate surface area is 777 Å². The van der Waals surface area contributed by atoms with Crippen LogP contribution >= 0.6 is 0 Å². The van der Waals surface area contributed by atoms with Crippen LogP contribution in [0.15, 0.2) is 104 Å². The Morgan fingerprint density at radius 3 is 1.70 bits per heavy atom. The van der Waals surface area contributed by atoms with Gasteiger partial charge in [-0.2, -0.15) is 0 Å². The summed E-state index contributed by atoms with van der Waals surface area (Å²) >= 11 is 0. The zero-order chi connectivity index (χ0) is 98.2. The van der Waals surface area contributed by atoms with Gasteiger partial charge in [0.2, 0.25) is 88.6 Å². The number of primary amides is 2. The average Bonchev–Trinajstić information content (AvgIpc) is 1.40. The molecule has 2 saturated heterocycles. The van der Waals surface area contributed by atoms with Gasteiger partial charge in [0.15, 0.2) is 23.3 Å². The number of benzene rings is 3. The van der Waals surface area contributed by atoms with Crippen LogP contribution in [-0.4, -0.2) is 289 Å². The van der Waals surface area contributed by atoms with Gasteiger partial charge < -0.3 is 110 Å². The smallest absolute Gasteiger partial charge is 0.246 e. The van der Waals surface area contributed by atoms with Crippen LogP contribution in [0.25, 0.3) is 21.8 Å². The summed E-state index contributed by atoms with van der Waals surface area (Å²) in [5.41, 5.74) is 20.1. The third-order valence-electron chi connectivity index (χ3n) is 24.3. The molecule has 2 fully saturated rings. The number of para-hydroxylation sites is 2. The van der Waals surface area contributed by atoms with E-state index in [-0.39, 0.29) is 89.6 Å². The predicted octanol–water partition coefficient (Wildman–Crippen LogP) is 0.0496. The number of aromatic amines is 3. The minimum absolute atomic E-state index is 0.00443. The number of Topliss-reactive ketones (excluding diaryl/α,β-unsaturated/α-hetero) is 3. The molecule has 41 nitrogen and oxygen atoms in total. The molecule has 6 aromatic rings. The largest absolute Gasteiger partial charge is 0.394 e. The first-order valence-electron chi connectivity index (χ1n) is 45.5. The first-order chi connectivity index (χ1) is 63.8. The number of nitrogens with two attached hydrogens (primary N) is 3. The molecule has 2 aliphatic rings. The lowest BCUT2D eigenvalue weighted by Crippen LogP contribution is -2.60. The number of imidazole rings is 1. The summed E-state index contributed by atoms with van der Waals surface area (Å²) in [6, 6.07) is 5.82. The first kappa shape index (κ1) is 106. The molecular weight excluding hydrogens is 1730 g/mol. The molecule has 0 radical (unpaired) electrons. The fourth-order valence-corrected chi connectivity index (χ4v) is 16.7. The lowest BCUT2D eigenvalue weighted by molar-refractivity contribution is -0.149. The molecule has 3 aromatic carbocycles. The second-order valence-corrected chi connectivity index (χ2v) is 35.0. The van der Waals surface area contributed by atoms with Crippen LogP contribution in [0.5, 0.6) is 0 Å². The van der Waals surface area contributed by atoms with Gasteiger partial charge in [-0.3, -0.25) is 91.7 Å². The highest BCUT2D eigenvalue weighted by atomic mass is 16.3. The number of aliphatic hydroxyl groups excluding tert-OH is 1. The second-order valence-electron chi connectivity index (χ2n) is 35.0. The Balaban J connectivity index is 1.18. The van der Waals surface area contributed by atoms with Gasteiger partial charge >= 0.3 is 0 Å². The zero-order valence-electron chi connectivity index (χ0n) is 77.5. The van der Waals surface area contributed by atoms with E-state index >= 15 is 24.0 Å². The molecule has 0 aliphatic carbocycles. The summed E-state index contributed by atoms with van der Waals surface area (Å²) in [7, 11) is 5.26. The summed E-state index contributed by atoms with van der Waals surface area (Å²) in [6.07, 6.45) is 3.24. The van der Waals surface area contributed by atoms with Crippen molar-refractivity contribution in [3.8, 4) is 0 Å². The monoisotopic (exact) mass is 1860 g/mol. The molecule has 41 heteroatoms. The van der Waals surface area contributed by atoms with Crippen LogP contribution in [0.3, 0.4) is 0 Å². The van der Waals surface area contributed by atoms with Crippen LogP contribution < -0.4 is 65.1 Å². The van der Waals surface area contributed by atoms with E-state index < -0.39 is 248 Å². The summed E-state index contributed by atoms with van der Waals surface area (Å²) in [5.74, 6) is -19.2. The Morgan fingerprint density at radius 2 is 1.10 bits per heavy atom. The minimum Gasteiger partial charge on any atom is -0.394 e. The number of likely N-dealkylation sites (N-methyl/N-ethyl adjacent to an activating group) is 4. The molecule has 0 unspecified atom stereocenters. The quantitative estimate of drug-likeness (QED) is 0.0184. The van der Waals surface area contributed by atoms with E-state index in [0.29, 0.717) is 69.9 Å². The van der Waals surface area contributed by atoms with Crippen molar-refractivity contribution in [2.24, 2.45) is 35.0 Å². The van der Waals surface area contributed by atoms with Crippen molar-refractivity contribution in [2.75, 3.05) is 61.0 Å². The van der Waals surface area contributed by atoms with Gasteiger partial charge in [0.05, 0.1) is 62.9 Å². The van der Waals surface area contributed by atoms with Crippen molar-refractivity contribution in [1.82, 2.24) is 92.3 Å². The number of guanidine groups is 1. The second kappa shape index (κ2) is 51.3. The third-order valence-corrected chi connectivity index (χ3v) is 24.3. The molecule has 0 spiro atoms. The molecular formula is C93H130N22O19. The van der Waals surface area contributed by atoms with Crippen LogP contribution in [-0.2, 0) is 112 Å². The van der Waals surface area contributed by atoms with Gasteiger partial charge in [-0.25, -0.2) is 4.98 Å². The number of H-pyrrole nitrogens is 3. The minimum atomic E-state index is -1.85. The van der Waals surface area contributed by atoms with Crippen molar-refractivity contribution in [2.45, 2.75) is 236 Å². The van der Waals surface area contributed by atoms with E-state index in [9.17, 15) is 67.4 Å². The van der Waals surface area contributed by atoms with E-state index in [1.165, 1.54) is 52.5 Å². The molecule has 5 heterocycles. The highest BCUT2D eigenvalue weighted by molar-refractivity contribution is 6.03. The number of carbonyl (C=O) groups is 18. The van der Waals surface area contributed by atoms with E-state index in [4.69, 9.17) is 22.6 Å². The maximum absolute atomic E-state index is 15.7. The van der Waals surface area contributed by atoms with Crippen molar-refractivity contribution in [1.29, 1.82) is 5.41 Å². The molecule has 13 atom stereocenters. The fraction of sp³-hybridized carbons (Fsp3) is 0.527. The average molecular weight is 1860 g/mol. The van der Waals surface area contributed by atoms with Gasteiger partial charge in [0.1, 0.15) is 48.3 Å². The molecule has 20 N–H and O–H groups in total. The van der Waals surface area contributed by atoms with Gasteiger partial charge in [-0.1, -0.05) is 120 Å². The van der Waals surface area contributed by atoms with Gasteiger partial charge in [-0.05, 0) is 86.6 Å². The molecule has 134 heavy (non-hydrogen) atoms. The number of amides is 15. The SMILES string of the molecule is CCCC[C@H]1C(=O)N(C)[C@@H](CCCC)C(=O)C[C@@H](CCCNC(=N)N)C(=O)N[C@H](C(=O)CCC(N)=O)CC(=O)NCC(=O)N[C@@H](Cc2ccccc2)C(=O)N(C)[C@@H](C)C(=O)N[C@@H](CC(N)=O)C(=O)N2CCC[C@H]2C(=O)C[C@@H](Cc2cnc[nH]2)C(=O)N[C@@H](CC(C)C)C(=O)N(C)CC(=O)N[C@@H](Cc2c[nH]c3ccccc23)C(=O)N[C@@H](CO)C(=O)N[C@@H](Cc2c[nH]c3ccccc23)C(=O)N1C. The third kappa shape index (κ3) is 30.7. The number of aliphatic hydroxyl groups is 1. The predicted molar refractivity (Wildman–Crippen MR) is 494 cm³/mol. The van der Waals surface area contributed by atoms with Crippen molar-refractivity contribution in [3.63, 3.8) is 0 Å². The number of fused-ring (bicyclic) bond motifs is 3. The molecule has 726 valence electrons. The Morgan fingerprint density at radius 1 is 0.537 bits per heavy atom. The van der Waals surface area contributed by atoms with Gasteiger partial charge in [0.25, 0.3) is 0 Å². The maximum Gasteiger partial charge on any atom is 0.246 e. The molecule has 0 bridgehead atoms. The maximum atomic E-state index is 15.7. The van der Waals surface area contributed by atoms with Crippen LogP contribution in [0.1, 0.15) is 166 Å². The normalized spacial score (nSPS) is 23.5. The lowest BCUT2D eigenvalue weighted by Gasteiger charge is -2.36. The number of hydrogen-bond donors (Lipinski definition) is 17. The molecule has 0 saturated carbocycles. The number of unbranched alkanes of at least 4 members (excludes halogenated alkanes) is 2. The van der Waals surface area contributed by atoms with Crippen LogP contribution in [0.2, 0.25) is 0 Å². The van der Waals surface area contributed by atoms with Gasteiger partial charge in [-0.15, -0.1) is 0 Å². The number of rotatable bonds is 27. The van der Waals surface area contributed by atoms with Crippen LogP contribution in [0, 0.1) is 23.2 Å². The number of nitrogens with one attached hydrogen (secondary N) is 13. The van der Waals surface area contributed by atoms with Gasteiger partial charge in [0, 0.05) is 145 Å². The molecule has 3 aromatic heterocycles. The van der Waals surface area contributed by atoms with Crippen LogP contribution in [0.4, 0.5) is 0 Å².